The Morgan fingerprint density at radius 3 is 2.06 bits per heavy atom. The molecule has 2 aliphatic rings. The van der Waals surface area contributed by atoms with E-state index in [0.29, 0.717) is 31.1 Å². The Kier molecular flexibility index (Phi) is 5.68. The van der Waals surface area contributed by atoms with Crippen molar-refractivity contribution in [2.45, 2.75) is 43.4 Å². The van der Waals surface area contributed by atoms with E-state index in [1.165, 1.54) is 16.4 Å². The Morgan fingerprint density at radius 2 is 1.52 bits per heavy atom. The Hall–Kier alpha value is -2.25. The molecule has 2 atom stereocenters. The maximum absolute atomic E-state index is 13.1. The number of hydrogen-bond acceptors (Lipinski definition) is 3. The van der Waals surface area contributed by atoms with Crippen LogP contribution in [0.4, 0.5) is 4.39 Å². The first-order valence-electron chi connectivity index (χ1n) is 10.7. The van der Waals surface area contributed by atoms with E-state index in [-0.39, 0.29) is 29.0 Å². The molecule has 2 fully saturated rings. The van der Waals surface area contributed by atoms with Gasteiger partial charge in [-0.15, -0.1) is 0 Å². The van der Waals surface area contributed by atoms with Crippen LogP contribution >= 0.6 is 0 Å². The number of nitrogens with zero attached hydrogens (tertiary/aromatic N) is 2. The van der Waals surface area contributed by atoms with Gasteiger partial charge in [0.15, 0.2) is 0 Å². The summed E-state index contributed by atoms with van der Waals surface area (Å²) in [5.41, 5.74) is 2.03. The predicted molar refractivity (Wildman–Crippen MR) is 118 cm³/mol. The average Bonchev–Trinajstić information content (AvgIpc) is 3.54. The normalized spacial score (nSPS) is 22.4. The quantitative estimate of drug-likeness (QED) is 0.722. The Balaban J connectivity index is 1.36. The van der Waals surface area contributed by atoms with Crippen molar-refractivity contribution in [2.75, 3.05) is 26.2 Å². The van der Waals surface area contributed by atoms with E-state index in [4.69, 9.17) is 0 Å². The third-order valence-corrected chi connectivity index (χ3v) is 8.23. The van der Waals surface area contributed by atoms with E-state index < -0.39 is 10.0 Å². The molecule has 1 amide bonds. The lowest BCUT2D eigenvalue weighted by atomic mass is 9.87. The average molecular weight is 445 g/mol. The molecule has 1 saturated carbocycles. The van der Waals surface area contributed by atoms with Crippen molar-refractivity contribution in [1.29, 1.82) is 0 Å². The summed E-state index contributed by atoms with van der Waals surface area (Å²) < 4.78 is 40.6. The SMILES string of the molecule is CC(C)(C)c1ccc(S(=O)(=O)N2CCN(C(=O)C3CC3c3ccc(F)cc3)CC2)cc1. The zero-order valence-corrected chi connectivity index (χ0v) is 19.0. The second-order valence-electron chi connectivity index (χ2n) is 9.50. The number of rotatable bonds is 4. The Bertz CT molecular complexity index is 1050. The first-order chi connectivity index (χ1) is 14.6. The molecule has 5 nitrogen and oxygen atoms in total. The van der Waals surface area contributed by atoms with Crippen molar-refractivity contribution in [2.24, 2.45) is 5.92 Å². The maximum Gasteiger partial charge on any atom is 0.243 e. The van der Waals surface area contributed by atoms with Gasteiger partial charge in [0, 0.05) is 32.1 Å². The van der Waals surface area contributed by atoms with Crippen LogP contribution in [-0.2, 0) is 20.2 Å². The van der Waals surface area contributed by atoms with Gasteiger partial charge in [-0.25, -0.2) is 12.8 Å². The molecule has 2 unspecified atom stereocenters. The highest BCUT2D eigenvalue weighted by Gasteiger charge is 2.46. The second-order valence-corrected chi connectivity index (χ2v) is 11.4. The molecular weight excluding hydrogens is 415 g/mol. The minimum atomic E-state index is -3.58. The summed E-state index contributed by atoms with van der Waals surface area (Å²) in [6.45, 7) is 7.65. The first kappa shape index (κ1) is 22.0. The molecule has 0 spiro atoms. The second kappa shape index (κ2) is 8.02. The summed E-state index contributed by atoms with van der Waals surface area (Å²) >= 11 is 0. The Labute approximate surface area is 183 Å². The fourth-order valence-electron chi connectivity index (χ4n) is 4.21. The molecule has 166 valence electrons. The largest absolute Gasteiger partial charge is 0.340 e. The molecule has 7 heteroatoms. The first-order valence-corrected chi connectivity index (χ1v) is 12.2. The van der Waals surface area contributed by atoms with E-state index >= 15 is 0 Å². The predicted octanol–water partition coefficient (Wildman–Crippen LogP) is 3.76. The highest BCUT2D eigenvalue weighted by molar-refractivity contribution is 7.89. The van der Waals surface area contributed by atoms with Gasteiger partial charge >= 0.3 is 0 Å². The summed E-state index contributed by atoms with van der Waals surface area (Å²) in [5, 5.41) is 0. The molecule has 1 aliphatic heterocycles. The van der Waals surface area contributed by atoms with Gasteiger partial charge in [-0.2, -0.15) is 4.31 Å². The van der Waals surface area contributed by atoms with Crippen LogP contribution in [0, 0.1) is 11.7 Å². The highest BCUT2D eigenvalue weighted by Crippen LogP contribution is 2.48. The molecular formula is C24H29FN2O3S. The van der Waals surface area contributed by atoms with Gasteiger partial charge in [-0.05, 0) is 53.1 Å². The van der Waals surface area contributed by atoms with Gasteiger partial charge in [0.1, 0.15) is 5.82 Å². The summed E-state index contributed by atoms with van der Waals surface area (Å²) in [6.07, 6.45) is 0.767. The van der Waals surface area contributed by atoms with Crippen LogP contribution in [0.3, 0.4) is 0 Å². The molecule has 0 N–H and O–H groups in total. The lowest BCUT2D eigenvalue weighted by Gasteiger charge is -2.34. The van der Waals surface area contributed by atoms with Gasteiger partial charge in [-0.3, -0.25) is 4.79 Å². The van der Waals surface area contributed by atoms with Gasteiger partial charge < -0.3 is 4.90 Å². The van der Waals surface area contributed by atoms with Crippen molar-refractivity contribution in [1.82, 2.24) is 9.21 Å². The van der Waals surface area contributed by atoms with Crippen LogP contribution in [0.2, 0.25) is 0 Å². The van der Waals surface area contributed by atoms with Gasteiger partial charge in [0.05, 0.1) is 4.90 Å². The number of benzene rings is 2. The van der Waals surface area contributed by atoms with Crippen LogP contribution in [0.25, 0.3) is 0 Å². The summed E-state index contributed by atoms with van der Waals surface area (Å²) in [6, 6.07) is 13.4. The molecule has 2 aromatic carbocycles. The summed E-state index contributed by atoms with van der Waals surface area (Å²) in [4.78, 5) is 14.9. The number of piperazine rings is 1. The van der Waals surface area contributed by atoms with Crippen LogP contribution < -0.4 is 0 Å². The zero-order chi connectivity index (χ0) is 22.4. The van der Waals surface area contributed by atoms with Crippen molar-refractivity contribution < 1.29 is 17.6 Å². The minimum absolute atomic E-state index is 0.0388. The van der Waals surface area contributed by atoms with Crippen LogP contribution in [-0.4, -0.2) is 49.7 Å². The van der Waals surface area contributed by atoms with Gasteiger partial charge in [0.25, 0.3) is 0 Å². The fourth-order valence-corrected chi connectivity index (χ4v) is 5.63. The molecule has 1 aliphatic carbocycles. The lowest BCUT2D eigenvalue weighted by Crippen LogP contribution is -2.51. The fraction of sp³-hybridized carbons (Fsp3) is 0.458. The number of sulfonamides is 1. The van der Waals surface area contributed by atoms with Crippen molar-refractivity contribution >= 4 is 15.9 Å². The van der Waals surface area contributed by atoms with E-state index in [0.717, 1.165) is 17.5 Å². The standard InChI is InChI=1S/C24H29FN2O3S/c1-24(2,3)18-6-10-20(11-7-18)31(29,30)27-14-12-26(13-15-27)23(28)22-16-21(22)17-4-8-19(25)9-5-17/h4-11,21-22H,12-16H2,1-3H3. The number of amides is 1. The number of carbonyl (C=O) groups excluding carboxylic acids is 1. The van der Waals surface area contributed by atoms with Gasteiger partial charge in [0.2, 0.25) is 15.9 Å². The van der Waals surface area contributed by atoms with E-state index in [1.54, 1.807) is 29.2 Å². The number of carbonyl (C=O) groups is 1. The summed E-state index contributed by atoms with van der Waals surface area (Å²) in [7, 11) is -3.58. The molecule has 2 aromatic rings. The van der Waals surface area contributed by atoms with Crippen molar-refractivity contribution in [3.8, 4) is 0 Å². The monoisotopic (exact) mass is 444 g/mol. The molecule has 0 aromatic heterocycles. The third kappa shape index (κ3) is 4.53. The van der Waals surface area contributed by atoms with Gasteiger partial charge in [-0.1, -0.05) is 45.0 Å². The lowest BCUT2D eigenvalue weighted by molar-refractivity contribution is -0.133. The number of halogens is 1. The molecule has 4 rings (SSSR count). The minimum Gasteiger partial charge on any atom is -0.340 e. The van der Waals surface area contributed by atoms with Crippen LogP contribution in [0.5, 0.6) is 0 Å². The van der Waals surface area contributed by atoms with E-state index in [2.05, 4.69) is 20.8 Å². The zero-order valence-electron chi connectivity index (χ0n) is 18.2. The molecule has 0 bridgehead atoms. The smallest absolute Gasteiger partial charge is 0.243 e. The molecule has 0 radical (unpaired) electrons. The molecule has 1 heterocycles. The maximum atomic E-state index is 13.1. The third-order valence-electron chi connectivity index (χ3n) is 6.31. The molecule has 31 heavy (non-hydrogen) atoms. The molecule has 1 saturated heterocycles. The van der Waals surface area contributed by atoms with Crippen LogP contribution in [0.1, 0.15) is 44.2 Å². The summed E-state index contributed by atoms with van der Waals surface area (Å²) in [5.74, 6) is -0.159. The van der Waals surface area contributed by atoms with Crippen molar-refractivity contribution in [3.63, 3.8) is 0 Å². The van der Waals surface area contributed by atoms with E-state index in [9.17, 15) is 17.6 Å². The topological polar surface area (TPSA) is 57.7 Å². The van der Waals surface area contributed by atoms with E-state index in [1.807, 2.05) is 12.1 Å². The van der Waals surface area contributed by atoms with Crippen LogP contribution in [0.15, 0.2) is 53.4 Å². The Morgan fingerprint density at radius 1 is 0.935 bits per heavy atom. The number of hydrogen-bond donors (Lipinski definition) is 0. The van der Waals surface area contributed by atoms with Crippen molar-refractivity contribution in [3.05, 3.63) is 65.5 Å². The highest BCUT2D eigenvalue weighted by atomic mass is 32.2.